The number of pyridine rings is 1. The second kappa shape index (κ2) is 8.79. The van der Waals surface area contributed by atoms with Gasteiger partial charge < -0.3 is 16.4 Å². The van der Waals surface area contributed by atoms with Crippen molar-refractivity contribution in [1.82, 2.24) is 15.2 Å². The monoisotopic (exact) mass is 413 g/mol. The smallest absolute Gasteiger partial charge is 0.253 e. The number of hydrogen-bond donors (Lipinski definition) is 4. The van der Waals surface area contributed by atoms with Crippen LogP contribution in [0, 0.1) is 34.0 Å². The first-order valence-electron chi connectivity index (χ1n) is 10.1. The Bertz CT molecular complexity index is 884. The Labute approximate surface area is 175 Å². The third-order valence-corrected chi connectivity index (χ3v) is 5.74. The molecule has 9 heteroatoms. The molecule has 1 aromatic rings. The van der Waals surface area contributed by atoms with E-state index in [1.54, 1.807) is 0 Å². The first-order valence-corrected chi connectivity index (χ1v) is 10.1. The largest absolute Gasteiger partial charge is 0.386 e. The van der Waals surface area contributed by atoms with Crippen molar-refractivity contribution in [1.29, 1.82) is 10.7 Å². The van der Waals surface area contributed by atoms with Gasteiger partial charge in [0.1, 0.15) is 5.84 Å². The highest BCUT2D eigenvalue weighted by Gasteiger charge is 2.41. The number of anilines is 1. The number of amidine groups is 1. The normalized spacial score (nSPS) is 26.2. The number of likely N-dealkylation sites (tertiary alicyclic amines) is 1. The molecule has 0 aromatic carbocycles. The molecule has 1 aliphatic heterocycles. The Kier molecular flexibility index (Phi) is 6.37. The number of amides is 1. The van der Waals surface area contributed by atoms with Gasteiger partial charge in [-0.3, -0.25) is 15.1 Å². The molecule has 2 heterocycles. The van der Waals surface area contributed by atoms with E-state index in [1.165, 1.54) is 18.5 Å². The van der Waals surface area contributed by atoms with Crippen molar-refractivity contribution >= 4 is 17.4 Å². The highest BCUT2D eigenvalue weighted by atomic mass is 19.1. The topological polar surface area (TPSA) is 131 Å². The highest BCUT2D eigenvalue weighted by molar-refractivity contribution is 6.23. The lowest BCUT2D eigenvalue weighted by molar-refractivity contribution is -0.114. The van der Waals surface area contributed by atoms with Gasteiger partial charge in [0.2, 0.25) is 5.95 Å². The van der Waals surface area contributed by atoms with Gasteiger partial charge in [0, 0.05) is 49.3 Å². The number of nitrogens with one attached hydrogen (secondary N) is 3. The number of aromatic nitrogens is 1. The third kappa shape index (κ3) is 5.13. The van der Waals surface area contributed by atoms with Gasteiger partial charge in [0.15, 0.2) is 0 Å². The van der Waals surface area contributed by atoms with Gasteiger partial charge in [0.25, 0.3) is 5.91 Å². The van der Waals surface area contributed by atoms with Gasteiger partial charge in [-0.25, -0.2) is 4.98 Å². The molecule has 8 nitrogen and oxygen atoms in total. The van der Waals surface area contributed by atoms with Crippen molar-refractivity contribution in [2.75, 3.05) is 18.4 Å². The van der Waals surface area contributed by atoms with E-state index in [2.05, 4.69) is 40.4 Å². The molecule has 0 radical (unpaired) electrons. The van der Waals surface area contributed by atoms with Crippen LogP contribution in [0.4, 0.5) is 10.1 Å². The number of halogens is 1. The minimum absolute atomic E-state index is 0.0736. The fraction of sp³-hybridized carbons (Fsp3) is 0.524. The van der Waals surface area contributed by atoms with Gasteiger partial charge in [-0.15, -0.1) is 0 Å². The van der Waals surface area contributed by atoms with Crippen LogP contribution in [0.15, 0.2) is 30.1 Å². The molecule has 3 atom stereocenters. The number of carbonyl (C=O) groups is 1. The van der Waals surface area contributed by atoms with Crippen LogP contribution in [0.1, 0.15) is 33.1 Å². The maximum Gasteiger partial charge on any atom is 0.253 e. The van der Waals surface area contributed by atoms with Crippen LogP contribution in [0.3, 0.4) is 0 Å². The van der Waals surface area contributed by atoms with Crippen molar-refractivity contribution in [3.8, 4) is 6.07 Å². The van der Waals surface area contributed by atoms with Crippen LogP contribution < -0.4 is 16.4 Å². The second-order valence-corrected chi connectivity index (χ2v) is 8.83. The van der Waals surface area contributed by atoms with Gasteiger partial charge in [0.05, 0.1) is 17.6 Å². The van der Waals surface area contributed by atoms with E-state index in [-0.39, 0.29) is 29.1 Å². The molecule has 2 fully saturated rings. The summed E-state index contributed by atoms with van der Waals surface area (Å²) in [7, 11) is 0. The zero-order valence-electron chi connectivity index (χ0n) is 17.3. The zero-order valence-corrected chi connectivity index (χ0v) is 17.3. The molecule has 1 saturated heterocycles. The Morgan fingerprint density at radius 1 is 1.47 bits per heavy atom. The minimum atomic E-state index is -0.792. The average Bonchev–Trinajstić information content (AvgIpc) is 2.66. The summed E-state index contributed by atoms with van der Waals surface area (Å²) in [6.45, 7) is 6.60. The van der Waals surface area contributed by atoms with E-state index in [9.17, 15) is 14.4 Å². The first kappa shape index (κ1) is 21.7. The lowest BCUT2D eigenvalue weighted by atomic mass is 9.77. The summed E-state index contributed by atoms with van der Waals surface area (Å²) in [6, 6.07) is 5.26. The molecule has 30 heavy (non-hydrogen) atoms. The molecule has 160 valence electrons. The van der Waals surface area contributed by atoms with Crippen molar-refractivity contribution in [2.45, 2.75) is 45.2 Å². The van der Waals surface area contributed by atoms with Crippen LogP contribution >= 0.6 is 0 Å². The molecule has 5 N–H and O–H groups in total. The Balaban J connectivity index is 1.62. The summed E-state index contributed by atoms with van der Waals surface area (Å²) >= 11 is 0. The summed E-state index contributed by atoms with van der Waals surface area (Å²) in [5.74, 6) is -1.95. The fourth-order valence-electron chi connectivity index (χ4n) is 4.28. The van der Waals surface area contributed by atoms with Gasteiger partial charge in [-0.05, 0) is 30.7 Å². The number of nitrogens with two attached hydrogens (primary N) is 1. The molecule has 2 aliphatic rings. The van der Waals surface area contributed by atoms with Crippen molar-refractivity contribution in [3.05, 3.63) is 36.1 Å². The maximum atomic E-state index is 13.2. The van der Waals surface area contributed by atoms with Gasteiger partial charge >= 0.3 is 0 Å². The van der Waals surface area contributed by atoms with Crippen LogP contribution in [-0.2, 0) is 4.79 Å². The fourth-order valence-corrected chi connectivity index (χ4v) is 4.28. The molecule has 1 aliphatic carbocycles. The number of carbonyl (C=O) groups excluding carboxylic acids is 1. The Morgan fingerprint density at radius 3 is 2.80 bits per heavy atom. The van der Waals surface area contributed by atoms with Gasteiger partial charge in [-0.2, -0.15) is 9.65 Å². The Morgan fingerprint density at radius 2 is 2.20 bits per heavy atom. The summed E-state index contributed by atoms with van der Waals surface area (Å²) in [5.41, 5.74) is 5.99. The number of nitriles is 1. The lowest BCUT2D eigenvalue weighted by Crippen LogP contribution is -2.59. The number of rotatable bonds is 6. The van der Waals surface area contributed by atoms with Crippen molar-refractivity contribution < 1.29 is 9.18 Å². The van der Waals surface area contributed by atoms with Crippen LogP contribution in [0.25, 0.3) is 0 Å². The summed E-state index contributed by atoms with van der Waals surface area (Å²) in [6.07, 6.45) is 5.18. The summed E-state index contributed by atoms with van der Waals surface area (Å²) < 4.78 is 13.2. The second-order valence-electron chi connectivity index (χ2n) is 8.83. The molecule has 0 unspecified atom stereocenters. The average molecular weight is 414 g/mol. The standard InChI is InChI=1S/C21H28FN7O/c1-21(2)11-29(12-21)15-3-4-17(13(7-15)9-23)27-10-16(20(25)30)19(24)28-14-5-6-26-18(22)8-14/h5-6,8,10,13,15,17,27H,3-4,7,11-12H2,1-2H3,(H2,25,30)(H2,24,26,28)/b16-10+/t13-,15-,17+/m1/s1. The molecule has 3 rings (SSSR count). The molecule has 1 saturated carbocycles. The van der Waals surface area contributed by atoms with Crippen LogP contribution in [0.2, 0.25) is 0 Å². The van der Waals surface area contributed by atoms with E-state index in [0.29, 0.717) is 11.5 Å². The summed E-state index contributed by atoms with van der Waals surface area (Å²) in [5, 5.41) is 23.5. The predicted octanol–water partition coefficient (Wildman–Crippen LogP) is 1.97. The molecule has 0 spiro atoms. The quantitative estimate of drug-likeness (QED) is 0.244. The molecule has 0 bridgehead atoms. The van der Waals surface area contributed by atoms with Crippen molar-refractivity contribution in [3.63, 3.8) is 0 Å². The van der Waals surface area contributed by atoms with E-state index < -0.39 is 11.9 Å². The number of nitrogens with zero attached hydrogens (tertiary/aromatic N) is 3. The number of primary amides is 1. The van der Waals surface area contributed by atoms with E-state index >= 15 is 0 Å². The Hall–Kier alpha value is -2.99. The predicted molar refractivity (Wildman–Crippen MR) is 112 cm³/mol. The van der Waals surface area contributed by atoms with E-state index in [1.807, 2.05) is 0 Å². The molecule has 1 amide bonds. The number of hydrogen-bond acceptors (Lipinski definition) is 6. The molecular weight excluding hydrogens is 385 g/mol. The van der Waals surface area contributed by atoms with Crippen LogP contribution in [-0.4, -0.2) is 46.8 Å². The lowest BCUT2D eigenvalue weighted by Gasteiger charge is -2.52. The van der Waals surface area contributed by atoms with E-state index in [0.717, 1.165) is 38.4 Å². The molecular formula is C21H28FN7O. The van der Waals surface area contributed by atoms with Gasteiger partial charge in [-0.1, -0.05) is 13.8 Å². The van der Waals surface area contributed by atoms with Crippen molar-refractivity contribution in [2.24, 2.45) is 17.1 Å². The van der Waals surface area contributed by atoms with Crippen LogP contribution in [0.5, 0.6) is 0 Å². The SMILES string of the molecule is CC1(C)CN([C@@H]2CC[C@H](N/C=C(\C(=N)Nc3ccnc(F)c3)C(N)=O)[C@@H](C#N)C2)C1. The maximum absolute atomic E-state index is 13.2. The summed E-state index contributed by atoms with van der Waals surface area (Å²) in [4.78, 5) is 17.7. The van der Waals surface area contributed by atoms with E-state index in [4.69, 9.17) is 11.1 Å². The minimum Gasteiger partial charge on any atom is -0.386 e. The molecule has 1 aromatic heterocycles. The highest BCUT2D eigenvalue weighted by Crippen LogP contribution is 2.36. The third-order valence-electron chi connectivity index (χ3n) is 5.74. The zero-order chi connectivity index (χ0) is 21.9. The first-order chi connectivity index (χ1) is 14.2.